The van der Waals surface area contributed by atoms with Gasteiger partial charge < -0.3 is 8.98 Å². The average molecular weight is 757 g/mol. The van der Waals surface area contributed by atoms with Crippen LogP contribution in [0.2, 0.25) is 0 Å². The second-order valence-corrected chi connectivity index (χ2v) is 16.0. The molecule has 0 amide bonds. The molecule has 0 unspecified atom stereocenters. The Balaban J connectivity index is 1.08. The lowest BCUT2D eigenvalue weighted by molar-refractivity contribution is 0.660. The van der Waals surface area contributed by atoms with Gasteiger partial charge in [0.05, 0.1) is 16.7 Å². The smallest absolute Gasteiger partial charge is 0.166 e. The number of rotatable bonds is 5. The molecule has 0 aliphatic heterocycles. The van der Waals surface area contributed by atoms with Crippen molar-refractivity contribution in [3.8, 4) is 62.1 Å². The van der Waals surface area contributed by atoms with E-state index in [1.54, 1.807) is 0 Å². The van der Waals surface area contributed by atoms with Crippen LogP contribution >= 0.6 is 0 Å². The van der Waals surface area contributed by atoms with Gasteiger partial charge in [-0.2, -0.15) is 0 Å². The molecule has 278 valence electrons. The minimum absolute atomic E-state index is 0.155. The second-order valence-electron chi connectivity index (χ2n) is 16.0. The lowest BCUT2D eigenvalue weighted by Gasteiger charge is -2.21. The first-order valence-corrected chi connectivity index (χ1v) is 20.1. The number of furan rings is 1. The molecule has 59 heavy (non-hydrogen) atoms. The van der Waals surface area contributed by atoms with Crippen LogP contribution in [0.3, 0.4) is 0 Å². The summed E-state index contributed by atoms with van der Waals surface area (Å²) in [5.41, 5.74) is 14.9. The number of fused-ring (bicyclic) bond motifs is 9. The molecular formula is C54H36N4O. The largest absolute Gasteiger partial charge is 0.455 e. The summed E-state index contributed by atoms with van der Waals surface area (Å²) in [6.07, 6.45) is 0. The van der Waals surface area contributed by atoms with Crippen LogP contribution in [0.5, 0.6) is 0 Å². The summed E-state index contributed by atoms with van der Waals surface area (Å²) in [6, 6.07) is 64.1. The maximum absolute atomic E-state index is 6.80. The number of benzene rings is 8. The van der Waals surface area contributed by atoms with E-state index in [2.05, 4.69) is 176 Å². The zero-order chi connectivity index (χ0) is 39.2. The lowest BCUT2D eigenvalue weighted by Crippen LogP contribution is -2.15. The van der Waals surface area contributed by atoms with Gasteiger partial charge in [0, 0.05) is 55.3 Å². The fourth-order valence-corrected chi connectivity index (χ4v) is 9.41. The van der Waals surface area contributed by atoms with Crippen LogP contribution in [0.1, 0.15) is 25.0 Å². The van der Waals surface area contributed by atoms with Crippen molar-refractivity contribution in [3.05, 3.63) is 193 Å². The monoisotopic (exact) mass is 756 g/mol. The topological polar surface area (TPSA) is 56.7 Å². The van der Waals surface area contributed by atoms with Crippen molar-refractivity contribution >= 4 is 43.7 Å². The van der Waals surface area contributed by atoms with Crippen molar-refractivity contribution < 1.29 is 4.42 Å². The third-order valence-corrected chi connectivity index (χ3v) is 12.3. The molecule has 5 nitrogen and oxygen atoms in total. The lowest BCUT2D eigenvalue weighted by atomic mass is 9.82. The van der Waals surface area contributed by atoms with Crippen LogP contribution in [-0.2, 0) is 5.41 Å². The summed E-state index contributed by atoms with van der Waals surface area (Å²) in [5, 5.41) is 4.51. The molecule has 8 aromatic carbocycles. The van der Waals surface area contributed by atoms with E-state index in [0.29, 0.717) is 17.5 Å². The van der Waals surface area contributed by atoms with Crippen molar-refractivity contribution in [2.24, 2.45) is 0 Å². The van der Waals surface area contributed by atoms with E-state index in [9.17, 15) is 0 Å². The molecule has 0 bridgehead atoms. The Morgan fingerprint density at radius 2 is 1.03 bits per heavy atom. The zero-order valence-corrected chi connectivity index (χ0v) is 32.5. The molecule has 0 saturated heterocycles. The first kappa shape index (κ1) is 33.5. The van der Waals surface area contributed by atoms with Gasteiger partial charge in [0.1, 0.15) is 11.2 Å². The van der Waals surface area contributed by atoms with Gasteiger partial charge in [0.25, 0.3) is 0 Å². The fourth-order valence-electron chi connectivity index (χ4n) is 9.41. The average Bonchev–Trinajstić information content (AvgIpc) is 3.90. The Labute approximate surface area is 340 Å². The maximum atomic E-state index is 6.80. The van der Waals surface area contributed by atoms with E-state index < -0.39 is 0 Å². The third-order valence-electron chi connectivity index (χ3n) is 12.3. The molecule has 0 atom stereocenters. The SMILES string of the molecule is CC1(C)c2ccccc2-c2ccc(-c3nc(-c4ccccc4)nc(-c4ccccc4-n4c5ccccc5c5cc6c(cc54)oc4c(-c5ccccc5)cccc46)n3)cc21. The predicted octanol–water partition coefficient (Wildman–Crippen LogP) is 13.8. The molecule has 0 fully saturated rings. The van der Waals surface area contributed by atoms with Crippen LogP contribution in [0.25, 0.3) is 106 Å². The summed E-state index contributed by atoms with van der Waals surface area (Å²) < 4.78 is 9.14. The first-order valence-electron chi connectivity index (χ1n) is 20.1. The molecule has 0 spiro atoms. The Hall–Kier alpha value is -7.63. The van der Waals surface area contributed by atoms with Crippen LogP contribution < -0.4 is 0 Å². The number of aromatic nitrogens is 4. The van der Waals surface area contributed by atoms with E-state index >= 15 is 0 Å². The molecule has 12 rings (SSSR count). The Bertz CT molecular complexity index is 3470. The van der Waals surface area contributed by atoms with Gasteiger partial charge in [-0.3, -0.25) is 0 Å². The quantitative estimate of drug-likeness (QED) is 0.175. The van der Waals surface area contributed by atoms with Crippen LogP contribution in [0, 0.1) is 0 Å². The van der Waals surface area contributed by atoms with Crippen LogP contribution in [0.4, 0.5) is 0 Å². The highest BCUT2D eigenvalue weighted by Crippen LogP contribution is 2.49. The fraction of sp³-hybridized carbons (Fsp3) is 0.0556. The van der Waals surface area contributed by atoms with Gasteiger partial charge in [-0.15, -0.1) is 0 Å². The molecule has 1 aliphatic rings. The van der Waals surface area contributed by atoms with E-state index in [0.717, 1.165) is 77.2 Å². The van der Waals surface area contributed by atoms with Crippen molar-refractivity contribution in [3.63, 3.8) is 0 Å². The minimum Gasteiger partial charge on any atom is -0.455 e. The predicted molar refractivity (Wildman–Crippen MR) is 241 cm³/mol. The van der Waals surface area contributed by atoms with Gasteiger partial charge in [-0.25, -0.2) is 15.0 Å². The molecular weight excluding hydrogens is 721 g/mol. The van der Waals surface area contributed by atoms with E-state index in [4.69, 9.17) is 19.4 Å². The van der Waals surface area contributed by atoms with Gasteiger partial charge in [0.15, 0.2) is 17.5 Å². The molecule has 0 saturated carbocycles. The molecule has 11 aromatic rings. The van der Waals surface area contributed by atoms with Crippen molar-refractivity contribution in [2.75, 3.05) is 0 Å². The number of nitrogens with zero attached hydrogens (tertiary/aromatic N) is 4. The number of para-hydroxylation sites is 3. The van der Waals surface area contributed by atoms with E-state index in [1.165, 1.54) is 22.3 Å². The highest BCUT2D eigenvalue weighted by Gasteiger charge is 2.35. The molecule has 1 aliphatic carbocycles. The summed E-state index contributed by atoms with van der Waals surface area (Å²) in [4.78, 5) is 15.7. The Morgan fingerprint density at radius 3 is 1.86 bits per heavy atom. The molecule has 3 heterocycles. The normalized spacial score (nSPS) is 13.1. The minimum atomic E-state index is -0.155. The summed E-state index contributed by atoms with van der Waals surface area (Å²) in [7, 11) is 0. The number of hydrogen-bond acceptors (Lipinski definition) is 4. The van der Waals surface area contributed by atoms with Gasteiger partial charge in [-0.1, -0.05) is 159 Å². The summed E-state index contributed by atoms with van der Waals surface area (Å²) >= 11 is 0. The molecule has 0 radical (unpaired) electrons. The second kappa shape index (κ2) is 12.7. The zero-order valence-electron chi connectivity index (χ0n) is 32.5. The summed E-state index contributed by atoms with van der Waals surface area (Å²) in [6.45, 7) is 4.61. The highest BCUT2D eigenvalue weighted by atomic mass is 16.3. The van der Waals surface area contributed by atoms with Gasteiger partial charge in [-0.05, 0) is 58.1 Å². The van der Waals surface area contributed by atoms with Crippen LogP contribution in [0.15, 0.2) is 186 Å². The van der Waals surface area contributed by atoms with Crippen LogP contribution in [-0.4, -0.2) is 19.5 Å². The Kier molecular flexibility index (Phi) is 7.20. The number of hydrogen-bond donors (Lipinski definition) is 0. The van der Waals surface area contributed by atoms with Crippen molar-refractivity contribution in [2.45, 2.75) is 19.3 Å². The van der Waals surface area contributed by atoms with Crippen molar-refractivity contribution in [1.82, 2.24) is 19.5 Å². The molecule has 0 N–H and O–H groups in total. The molecule has 3 aromatic heterocycles. The Morgan fingerprint density at radius 1 is 0.407 bits per heavy atom. The third kappa shape index (κ3) is 5.08. The van der Waals surface area contributed by atoms with Gasteiger partial charge in [0.2, 0.25) is 0 Å². The van der Waals surface area contributed by atoms with E-state index in [1.807, 2.05) is 24.3 Å². The summed E-state index contributed by atoms with van der Waals surface area (Å²) in [5.74, 6) is 1.87. The van der Waals surface area contributed by atoms with Gasteiger partial charge >= 0.3 is 0 Å². The standard InChI is InChI=1S/C54H36N4O/c1-54(2)44-25-12-9-20-37(44)38-29-28-35(30-45(38)54)52-55-51(34-18-7-4-8-19-34)56-53(57-52)41-22-11-14-27-47(41)58-46-26-13-10-21-39(46)42-31-43-40-24-15-23-36(33-16-5-3-6-17-33)50(40)59-49(43)32-48(42)58/h3-32H,1-2H3. The highest BCUT2D eigenvalue weighted by molar-refractivity contribution is 6.18. The van der Waals surface area contributed by atoms with E-state index in [-0.39, 0.29) is 5.41 Å². The van der Waals surface area contributed by atoms with Crippen molar-refractivity contribution in [1.29, 1.82) is 0 Å². The first-order chi connectivity index (χ1) is 29.0. The maximum Gasteiger partial charge on any atom is 0.166 e. The molecule has 5 heteroatoms.